The highest BCUT2D eigenvalue weighted by atomic mass is 16.3. The summed E-state index contributed by atoms with van der Waals surface area (Å²) in [6.07, 6.45) is 4.50. The van der Waals surface area contributed by atoms with Gasteiger partial charge >= 0.3 is 5.69 Å². The van der Waals surface area contributed by atoms with Gasteiger partial charge in [-0.1, -0.05) is 26.7 Å². The lowest BCUT2D eigenvalue weighted by Crippen LogP contribution is -2.41. The molecule has 0 aliphatic heterocycles. The number of hydrogen-bond donors (Lipinski definition) is 2. The van der Waals surface area contributed by atoms with Gasteiger partial charge in [0.25, 0.3) is 11.5 Å². The van der Waals surface area contributed by atoms with Crippen LogP contribution in [0.2, 0.25) is 0 Å². The molecule has 2 aromatic rings. The van der Waals surface area contributed by atoms with Gasteiger partial charge < -0.3 is 10.2 Å². The highest BCUT2D eigenvalue weighted by Gasteiger charge is 2.26. The number of rotatable bonds is 8. The second-order valence-corrected chi connectivity index (χ2v) is 5.79. The Balaban J connectivity index is 2.54. The van der Waals surface area contributed by atoms with E-state index in [-0.39, 0.29) is 17.3 Å². The summed E-state index contributed by atoms with van der Waals surface area (Å²) in [5, 5.41) is 0. The Bertz CT molecular complexity index is 820. The topological polar surface area (TPSA) is 114 Å². The van der Waals surface area contributed by atoms with Gasteiger partial charge in [0.05, 0.1) is 6.26 Å². The summed E-state index contributed by atoms with van der Waals surface area (Å²) < 4.78 is 6.46. The molecule has 136 valence electrons. The Kier molecular flexibility index (Phi) is 6.21. The number of nitrogens with zero attached hydrogens (tertiary/aromatic N) is 2. The molecule has 3 N–H and O–H groups in total. The maximum absolute atomic E-state index is 12.8. The van der Waals surface area contributed by atoms with Crippen LogP contribution >= 0.6 is 0 Å². The van der Waals surface area contributed by atoms with Gasteiger partial charge in [-0.05, 0) is 25.0 Å². The smallest absolute Gasteiger partial charge is 0.330 e. The average molecular weight is 348 g/mol. The molecule has 0 spiro atoms. The minimum atomic E-state index is -0.675. The number of amides is 1. The van der Waals surface area contributed by atoms with Gasteiger partial charge in [0.2, 0.25) is 0 Å². The lowest BCUT2D eigenvalue weighted by Gasteiger charge is -2.23. The van der Waals surface area contributed by atoms with E-state index in [1.165, 1.54) is 21.8 Å². The van der Waals surface area contributed by atoms with Crippen molar-refractivity contribution >= 4 is 17.4 Å². The summed E-state index contributed by atoms with van der Waals surface area (Å²) in [4.78, 5) is 40.8. The van der Waals surface area contributed by atoms with Crippen LogP contribution in [-0.2, 0) is 6.54 Å². The van der Waals surface area contributed by atoms with E-state index < -0.39 is 17.2 Å². The van der Waals surface area contributed by atoms with Crippen LogP contribution in [0.15, 0.2) is 32.4 Å². The minimum Gasteiger partial charge on any atom is -0.459 e. The number of nitrogens with one attached hydrogen (secondary N) is 1. The zero-order valence-corrected chi connectivity index (χ0v) is 14.6. The van der Waals surface area contributed by atoms with E-state index in [1.807, 2.05) is 13.8 Å². The van der Waals surface area contributed by atoms with Crippen molar-refractivity contribution in [1.29, 1.82) is 0 Å². The van der Waals surface area contributed by atoms with Crippen LogP contribution in [-0.4, -0.2) is 22.0 Å². The largest absolute Gasteiger partial charge is 0.459 e. The molecule has 0 aromatic carbocycles. The molecule has 0 radical (unpaired) electrons. The molecule has 8 heteroatoms. The molecule has 0 unspecified atom stereocenters. The highest BCUT2D eigenvalue weighted by molar-refractivity contribution is 6.05. The fourth-order valence-corrected chi connectivity index (χ4v) is 2.54. The van der Waals surface area contributed by atoms with E-state index >= 15 is 0 Å². The van der Waals surface area contributed by atoms with Gasteiger partial charge in [-0.2, -0.15) is 0 Å². The van der Waals surface area contributed by atoms with Crippen molar-refractivity contribution < 1.29 is 9.21 Å². The number of furan rings is 1. The lowest BCUT2D eigenvalue weighted by atomic mass is 10.2. The van der Waals surface area contributed by atoms with E-state index in [9.17, 15) is 14.4 Å². The van der Waals surface area contributed by atoms with Crippen molar-refractivity contribution in [2.75, 3.05) is 17.2 Å². The third-order valence-corrected chi connectivity index (χ3v) is 3.93. The van der Waals surface area contributed by atoms with Crippen molar-refractivity contribution in [3.05, 3.63) is 45.0 Å². The molecule has 2 rings (SSSR count). The Morgan fingerprint density at radius 3 is 2.60 bits per heavy atom. The fourth-order valence-electron chi connectivity index (χ4n) is 2.54. The zero-order valence-electron chi connectivity index (χ0n) is 14.6. The molecule has 0 saturated heterocycles. The van der Waals surface area contributed by atoms with E-state index in [0.29, 0.717) is 19.5 Å². The highest BCUT2D eigenvalue weighted by Crippen LogP contribution is 2.20. The quantitative estimate of drug-likeness (QED) is 0.757. The van der Waals surface area contributed by atoms with Gasteiger partial charge in [-0.25, -0.2) is 4.79 Å². The number of aromatic amines is 1. The first-order valence-corrected chi connectivity index (χ1v) is 8.49. The Hall–Kier alpha value is -2.77. The van der Waals surface area contributed by atoms with Crippen molar-refractivity contribution in [3.63, 3.8) is 0 Å². The average Bonchev–Trinajstić information content (AvgIpc) is 3.11. The molecule has 0 aliphatic rings. The van der Waals surface area contributed by atoms with E-state index in [0.717, 1.165) is 19.3 Å². The predicted molar refractivity (Wildman–Crippen MR) is 95.9 cm³/mol. The number of nitrogens with two attached hydrogens (primary N) is 1. The number of unbranched alkanes of at least 4 members (excludes halogenated alkanes) is 2. The summed E-state index contributed by atoms with van der Waals surface area (Å²) in [6.45, 7) is 4.64. The number of hydrogen-bond acceptors (Lipinski definition) is 5. The maximum atomic E-state index is 12.8. The first-order valence-electron chi connectivity index (χ1n) is 8.49. The van der Waals surface area contributed by atoms with Crippen molar-refractivity contribution in [3.8, 4) is 0 Å². The summed E-state index contributed by atoms with van der Waals surface area (Å²) in [5.41, 5.74) is 4.86. The molecular weight excluding hydrogens is 324 g/mol. The predicted octanol–water partition coefficient (Wildman–Crippen LogP) is 1.96. The van der Waals surface area contributed by atoms with E-state index in [1.54, 1.807) is 6.07 Å². The molecular formula is C17H24N4O4. The van der Waals surface area contributed by atoms with E-state index in [4.69, 9.17) is 10.2 Å². The van der Waals surface area contributed by atoms with Gasteiger partial charge in [-0.3, -0.25) is 24.0 Å². The summed E-state index contributed by atoms with van der Waals surface area (Å²) in [7, 11) is 0. The molecule has 1 amide bonds. The number of H-pyrrole nitrogens is 1. The molecule has 2 aromatic heterocycles. The molecule has 0 fully saturated rings. The standard InChI is InChI=1S/C17H24N4O4/c1-3-5-9-20(16(23)12-8-7-11-25-12)13-14(18)21(10-6-4-2)17(24)19-15(13)22/h7-8,11H,3-6,9-10,18H2,1-2H3,(H,19,22,24). The second kappa shape index (κ2) is 8.36. The van der Waals surface area contributed by atoms with Gasteiger partial charge in [0.15, 0.2) is 11.4 Å². The normalized spacial score (nSPS) is 10.8. The molecule has 0 aliphatic carbocycles. The molecule has 0 saturated carbocycles. The minimum absolute atomic E-state index is 0.00166. The monoisotopic (exact) mass is 348 g/mol. The lowest BCUT2D eigenvalue weighted by molar-refractivity contribution is 0.0959. The van der Waals surface area contributed by atoms with Crippen LogP contribution in [0, 0.1) is 0 Å². The third kappa shape index (κ3) is 4.01. The van der Waals surface area contributed by atoms with Gasteiger partial charge in [0, 0.05) is 13.1 Å². The first-order chi connectivity index (χ1) is 12.0. The van der Waals surface area contributed by atoms with Crippen LogP contribution < -0.4 is 21.9 Å². The van der Waals surface area contributed by atoms with Crippen LogP contribution in [0.1, 0.15) is 50.1 Å². The summed E-state index contributed by atoms with van der Waals surface area (Å²) in [6, 6.07) is 3.12. The van der Waals surface area contributed by atoms with E-state index in [2.05, 4.69) is 4.98 Å². The first kappa shape index (κ1) is 18.6. The number of carbonyl (C=O) groups is 1. The third-order valence-electron chi connectivity index (χ3n) is 3.93. The van der Waals surface area contributed by atoms with Crippen molar-refractivity contribution in [1.82, 2.24) is 9.55 Å². The SMILES string of the molecule is CCCCN(C(=O)c1ccco1)c1c(N)n(CCCC)c(=O)[nH]c1=O. The maximum Gasteiger partial charge on any atom is 0.330 e. The number of anilines is 2. The number of aromatic nitrogens is 2. The molecule has 0 bridgehead atoms. The Labute approximate surface area is 145 Å². The molecule has 2 heterocycles. The summed E-state index contributed by atoms with van der Waals surface area (Å²) in [5.74, 6) is -0.351. The van der Waals surface area contributed by atoms with Crippen molar-refractivity contribution in [2.24, 2.45) is 0 Å². The molecule has 25 heavy (non-hydrogen) atoms. The van der Waals surface area contributed by atoms with Crippen LogP contribution in [0.25, 0.3) is 0 Å². The van der Waals surface area contributed by atoms with Crippen molar-refractivity contribution in [2.45, 2.75) is 46.1 Å². The summed E-state index contributed by atoms with van der Waals surface area (Å²) >= 11 is 0. The molecule has 8 nitrogen and oxygen atoms in total. The van der Waals surface area contributed by atoms with Gasteiger partial charge in [0.1, 0.15) is 5.82 Å². The fraction of sp³-hybridized carbons (Fsp3) is 0.471. The van der Waals surface area contributed by atoms with Crippen LogP contribution in [0.4, 0.5) is 11.5 Å². The Morgan fingerprint density at radius 1 is 1.28 bits per heavy atom. The Morgan fingerprint density at radius 2 is 2.00 bits per heavy atom. The van der Waals surface area contributed by atoms with Crippen LogP contribution in [0.5, 0.6) is 0 Å². The molecule has 0 atom stereocenters. The zero-order chi connectivity index (χ0) is 18.4. The van der Waals surface area contributed by atoms with Gasteiger partial charge in [-0.15, -0.1) is 0 Å². The second-order valence-electron chi connectivity index (χ2n) is 5.79. The number of carbonyl (C=O) groups excluding carboxylic acids is 1. The van der Waals surface area contributed by atoms with Crippen LogP contribution in [0.3, 0.4) is 0 Å². The number of nitrogen functional groups attached to an aromatic ring is 1.